The first-order chi connectivity index (χ1) is 10.1. The SMILES string of the molecule is CCCNC(Cc1ccc(C)cc1)c1c(F)cccc1F. The summed E-state index contributed by atoms with van der Waals surface area (Å²) >= 11 is 0. The molecule has 0 heterocycles. The summed E-state index contributed by atoms with van der Waals surface area (Å²) in [5, 5.41) is 3.25. The summed E-state index contributed by atoms with van der Waals surface area (Å²) in [7, 11) is 0. The highest BCUT2D eigenvalue weighted by atomic mass is 19.1. The van der Waals surface area contributed by atoms with E-state index in [-0.39, 0.29) is 11.6 Å². The van der Waals surface area contributed by atoms with Crippen molar-refractivity contribution in [3.63, 3.8) is 0 Å². The summed E-state index contributed by atoms with van der Waals surface area (Å²) in [4.78, 5) is 0. The summed E-state index contributed by atoms with van der Waals surface area (Å²) in [6, 6.07) is 11.7. The van der Waals surface area contributed by atoms with Crippen LogP contribution >= 0.6 is 0 Å². The zero-order valence-corrected chi connectivity index (χ0v) is 12.5. The maximum absolute atomic E-state index is 14.0. The van der Waals surface area contributed by atoms with Gasteiger partial charge in [-0.25, -0.2) is 8.78 Å². The van der Waals surface area contributed by atoms with Crippen molar-refractivity contribution >= 4 is 0 Å². The number of aryl methyl sites for hydroxylation is 1. The van der Waals surface area contributed by atoms with E-state index in [0.29, 0.717) is 6.42 Å². The monoisotopic (exact) mass is 289 g/mol. The Morgan fingerprint density at radius 1 is 1.00 bits per heavy atom. The van der Waals surface area contributed by atoms with E-state index < -0.39 is 11.6 Å². The molecular weight excluding hydrogens is 268 g/mol. The Morgan fingerprint density at radius 2 is 1.62 bits per heavy atom. The van der Waals surface area contributed by atoms with Gasteiger partial charge in [0.2, 0.25) is 0 Å². The van der Waals surface area contributed by atoms with Gasteiger partial charge < -0.3 is 5.32 Å². The maximum Gasteiger partial charge on any atom is 0.130 e. The van der Waals surface area contributed by atoms with Crippen LogP contribution in [0.5, 0.6) is 0 Å². The van der Waals surface area contributed by atoms with Crippen molar-refractivity contribution in [3.05, 3.63) is 70.8 Å². The Morgan fingerprint density at radius 3 is 2.19 bits per heavy atom. The second kappa shape index (κ2) is 7.32. The normalized spacial score (nSPS) is 12.4. The topological polar surface area (TPSA) is 12.0 Å². The highest BCUT2D eigenvalue weighted by Crippen LogP contribution is 2.24. The Kier molecular flexibility index (Phi) is 5.45. The average Bonchev–Trinajstić information content (AvgIpc) is 2.46. The minimum Gasteiger partial charge on any atom is -0.309 e. The predicted molar refractivity (Wildman–Crippen MR) is 82.3 cm³/mol. The van der Waals surface area contributed by atoms with E-state index in [1.54, 1.807) is 0 Å². The lowest BCUT2D eigenvalue weighted by atomic mass is 9.97. The quantitative estimate of drug-likeness (QED) is 0.822. The molecule has 0 radical (unpaired) electrons. The molecule has 0 bridgehead atoms. The van der Waals surface area contributed by atoms with Gasteiger partial charge in [-0.05, 0) is 44.0 Å². The summed E-state index contributed by atoms with van der Waals surface area (Å²) < 4.78 is 28.0. The van der Waals surface area contributed by atoms with Crippen molar-refractivity contribution in [2.45, 2.75) is 32.7 Å². The van der Waals surface area contributed by atoms with Crippen molar-refractivity contribution in [1.82, 2.24) is 5.32 Å². The molecule has 1 nitrogen and oxygen atoms in total. The molecule has 0 amide bonds. The smallest absolute Gasteiger partial charge is 0.130 e. The first-order valence-corrected chi connectivity index (χ1v) is 7.34. The van der Waals surface area contributed by atoms with Gasteiger partial charge in [0.15, 0.2) is 0 Å². The van der Waals surface area contributed by atoms with E-state index >= 15 is 0 Å². The number of halogens is 2. The van der Waals surface area contributed by atoms with Crippen LogP contribution in [0.15, 0.2) is 42.5 Å². The third-order valence-corrected chi connectivity index (χ3v) is 3.55. The van der Waals surface area contributed by atoms with E-state index in [1.807, 2.05) is 38.1 Å². The molecule has 21 heavy (non-hydrogen) atoms. The molecule has 1 unspecified atom stereocenters. The molecule has 0 saturated heterocycles. The molecule has 3 heteroatoms. The molecule has 0 aliphatic rings. The summed E-state index contributed by atoms with van der Waals surface area (Å²) in [5.41, 5.74) is 2.37. The fraction of sp³-hybridized carbons (Fsp3) is 0.333. The Balaban J connectivity index is 2.27. The highest BCUT2D eigenvalue weighted by Gasteiger charge is 2.19. The van der Waals surface area contributed by atoms with Crippen molar-refractivity contribution < 1.29 is 8.78 Å². The Bertz CT molecular complexity index is 558. The van der Waals surface area contributed by atoms with Gasteiger partial charge in [0, 0.05) is 11.6 Å². The number of benzene rings is 2. The van der Waals surface area contributed by atoms with Gasteiger partial charge in [0.05, 0.1) is 0 Å². The summed E-state index contributed by atoms with van der Waals surface area (Å²) in [6.07, 6.45) is 1.48. The van der Waals surface area contributed by atoms with Gasteiger partial charge in [0.1, 0.15) is 11.6 Å². The molecule has 0 spiro atoms. The molecule has 2 aromatic carbocycles. The molecule has 0 aliphatic heterocycles. The molecule has 1 N–H and O–H groups in total. The Hall–Kier alpha value is -1.74. The molecule has 1 atom stereocenters. The van der Waals surface area contributed by atoms with E-state index in [4.69, 9.17) is 0 Å². The van der Waals surface area contributed by atoms with Crippen LogP contribution in [0.1, 0.15) is 36.1 Å². The molecule has 112 valence electrons. The van der Waals surface area contributed by atoms with Crippen molar-refractivity contribution in [2.75, 3.05) is 6.54 Å². The van der Waals surface area contributed by atoms with Crippen molar-refractivity contribution in [1.29, 1.82) is 0 Å². The fourth-order valence-electron chi connectivity index (χ4n) is 2.40. The van der Waals surface area contributed by atoms with Crippen LogP contribution in [0.4, 0.5) is 8.78 Å². The maximum atomic E-state index is 14.0. The van der Waals surface area contributed by atoms with Crippen molar-refractivity contribution in [2.24, 2.45) is 0 Å². The van der Waals surface area contributed by atoms with Gasteiger partial charge in [-0.15, -0.1) is 0 Å². The zero-order chi connectivity index (χ0) is 15.2. The minimum absolute atomic E-state index is 0.131. The molecule has 0 aliphatic carbocycles. The van der Waals surface area contributed by atoms with Gasteiger partial charge in [-0.3, -0.25) is 0 Å². The van der Waals surface area contributed by atoms with Crippen molar-refractivity contribution in [3.8, 4) is 0 Å². The third kappa shape index (κ3) is 4.11. The van der Waals surface area contributed by atoms with Crippen LogP contribution in [0, 0.1) is 18.6 Å². The molecule has 2 aromatic rings. The van der Waals surface area contributed by atoms with Gasteiger partial charge in [0.25, 0.3) is 0 Å². The number of nitrogens with one attached hydrogen (secondary N) is 1. The summed E-state index contributed by atoms with van der Waals surface area (Å²) in [5.74, 6) is -0.980. The van der Waals surface area contributed by atoms with Gasteiger partial charge in [-0.2, -0.15) is 0 Å². The number of rotatable bonds is 6. The number of hydrogen-bond donors (Lipinski definition) is 1. The number of hydrogen-bond acceptors (Lipinski definition) is 1. The largest absolute Gasteiger partial charge is 0.309 e. The average molecular weight is 289 g/mol. The highest BCUT2D eigenvalue weighted by molar-refractivity contribution is 5.28. The molecule has 0 aromatic heterocycles. The van der Waals surface area contributed by atoms with E-state index in [1.165, 1.54) is 23.8 Å². The van der Waals surface area contributed by atoms with E-state index in [0.717, 1.165) is 18.5 Å². The van der Waals surface area contributed by atoms with Gasteiger partial charge >= 0.3 is 0 Å². The first kappa shape index (κ1) is 15.6. The Labute approximate surface area is 125 Å². The van der Waals surface area contributed by atoms with Gasteiger partial charge in [-0.1, -0.05) is 42.8 Å². The van der Waals surface area contributed by atoms with Crippen LogP contribution in [0.3, 0.4) is 0 Å². The standard InChI is InChI=1S/C18H21F2N/c1-3-11-21-17(12-14-9-7-13(2)8-10-14)18-15(19)5-4-6-16(18)20/h4-10,17,21H,3,11-12H2,1-2H3. The van der Waals surface area contributed by atoms with Crippen LogP contribution in [-0.2, 0) is 6.42 Å². The predicted octanol–water partition coefficient (Wildman–Crippen LogP) is 4.56. The second-order valence-corrected chi connectivity index (χ2v) is 5.33. The van der Waals surface area contributed by atoms with E-state index in [9.17, 15) is 8.78 Å². The molecular formula is C18H21F2N. The molecule has 2 rings (SSSR count). The second-order valence-electron chi connectivity index (χ2n) is 5.33. The zero-order valence-electron chi connectivity index (χ0n) is 12.5. The third-order valence-electron chi connectivity index (χ3n) is 3.55. The van der Waals surface area contributed by atoms with Crippen LogP contribution in [0.2, 0.25) is 0 Å². The molecule has 0 fully saturated rings. The summed E-state index contributed by atoms with van der Waals surface area (Å²) in [6.45, 7) is 4.78. The minimum atomic E-state index is -0.490. The van der Waals surface area contributed by atoms with Crippen LogP contribution in [-0.4, -0.2) is 6.54 Å². The molecule has 0 saturated carbocycles. The first-order valence-electron chi connectivity index (χ1n) is 7.34. The lowest BCUT2D eigenvalue weighted by Gasteiger charge is -2.20. The van der Waals surface area contributed by atoms with E-state index in [2.05, 4.69) is 5.32 Å². The van der Waals surface area contributed by atoms with Crippen LogP contribution < -0.4 is 5.32 Å². The van der Waals surface area contributed by atoms with Crippen LogP contribution in [0.25, 0.3) is 0 Å². The fourth-order valence-corrected chi connectivity index (χ4v) is 2.40. The lowest BCUT2D eigenvalue weighted by molar-refractivity contribution is 0.464. The lowest BCUT2D eigenvalue weighted by Crippen LogP contribution is -2.26.